The Hall–Kier alpha value is -0.820. The molecule has 1 aromatic carbocycles. The van der Waals surface area contributed by atoms with Crippen LogP contribution in [0.3, 0.4) is 0 Å². The van der Waals surface area contributed by atoms with Gasteiger partial charge in [-0.05, 0) is 55.2 Å². The van der Waals surface area contributed by atoms with E-state index in [0.717, 1.165) is 12.5 Å². The number of likely N-dealkylation sites (N-methyl/N-ethyl adjacent to an activating group) is 1. The molecule has 19 heavy (non-hydrogen) atoms. The van der Waals surface area contributed by atoms with Gasteiger partial charge in [0.2, 0.25) is 0 Å². The number of benzene rings is 1. The summed E-state index contributed by atoms with van der Waals surface area (Å²) >= 11 is 0. The quantitative estimate of drug-likeness (QED) is 0.829. The molecule has 0 saturated heterocycles. The maximum Gasteiger partial charge on any atom is 0.0141 e. The zero-order valence-corrected chi connectivity index (χ0v) is 13.0. The molecule has 106 valence electrons. The first kappa shape index (κ1) is 14.6. The minimum Gasteiger partial charge on any atom is -0.314 e. The lowest BCUT2D eigenvalue weighted by atomic mass is 9.75. The molecule has 0 bridgehead atoms. The van der Waals surface area contributed by atoms with Gasteiger partial charge in [-0.2, -0.15) is 0 Å². The topological polar surface area (TPSA) is 12.0 Å². The highest BCUT2D eigenvalue weighted by Gasteiger charge is 2.39. The fourth-order valence-corrected chi connectivity index (χ4v) is 3.79. The van der Waals surface area contributed by atoms with Gasteiger partial charge < -0.3 is 5.32 Å². The minimum absolute atomic E-state index is 0.496. The third-order valence-electron chi connectivity index (χ3n) is 4.99. The average Bonchev–Trinajstić information content (AvgIpc) is 2.71. The molecule has 2 unspecified atom stereocenters. The Morgan fingerprint density at radius 2 is 2.05 bits per heavy atom. The number of aryl methyl sites for hydroxylation is 1. The monoisotopic (exact) mass is 259 g/mol. The molecule has 0 heterocycles. The Bertz CT molecular complexity index is 408. The van der Waals surface area contributed by atoms with E-state index in [1.807, 2.05) is 0 Å². The highest BCUT2D eigenvalue weighted by Crippen LogP contribution is 2.45. The van der Waals surface area contributed by atoms with Crippen LogP contribution in [0, 0.1) is 18.3 Å². The second-order valence-electron chi connectivity index (χ2n) is 6.78. The van der Waals surface area contributed by atoms with Crippen LogP contribution >= 0.6 is 0 Å². The van der Waals surface area contributed by atoms with Gasteiger partial charge in [-0.15, -0.1) is 0 Å². The lowest BCUT2D eigenvalue weighted by molar-refractivity contribution is 0.197. The molecule has 1 N–H and O–H groups in total. The molecule has 0 spiro atoms. The van der Waals surface area contributed by atoms with Crippen molar-refractivity contribution in [3.05, 3.63) is 35.4 Å². The van der Waals surface area contributed by atoms with E-state index < -0.39 is 0 Å². The van der Waals surface area contributed by atoms with Crippen molar-refractivity contribution in [2.45, 2.75) is 59.4 Å². The van der Waals surface area contributed by atoms with E-state index in [0.29, 0.717) is 11.5 Å². The Labute approximate surface area is 118 Å². The third-order valence-corrected chi connectivity index (χ3v) is 4.99. The lowest BCUT2D eigenvalue weighted by Crippen LogP contribution is -2.42. The predicted molar refractivity (Wildman–Crippen MR) is 83.5 cm³/mol. The van der Waals surface area contributed by atoms with E-state index >= 15 is 0 Å². The van der Waals surface area contributed by atoms with E-state index in [-0.39, 0.29) is 0 Å². The second kappa shape index (κ2) is 6.09. The molecular weight excluding hydrogens is 230 g/mol. The van der Waals surface area contributed by atoms with Crippen LogP contribution in [-0.2, 0) is 6.42 Å². The van der Waals surface area contributed by atoms with Crippen molar-refractivity contribution in [3.63, 3.8) is 0 Å². The molecule has 1 heteroatoms. The Kier molecular flexibility index (Phi) is 4.67. The molecule has 2 rings (SSSR count). The fourth-order valence-electron chi connectivity index (χ4n) is 3.79. The lowest BCUT2D eigenvalue weighted by Gasteiger charge is -2.35. The summed E-state index contributed by atoms with van der Waals surface area (Å²) in [7, 11) is 0. The number of rotatable bonds is 5. The summed E-state index contributed by atoms with van der Waals surface area (Å²) in [6.45, 7) is 10.4. The van der Waals surface area contributed by atoms with Crippen molar-refractivity contribution in [2.24, 2.45) is 11.3 Å². The summed E-state index contributed by atoms with van der Waals surface area (Å²) < 4.78 is 0. The van der Waals surface area contributed by atoms with Gasteiger partial charge in [-0.25, -0.2) is 0 Å². The van der Waals surface area contributed by atoms with Gasteiger partial charge in [-0.1, -0.05) is 51.5 Å². The van der Waals surface area contributed by atoms with Crippen molar-refractivity contribution in [3.8, 4) is 0 Å². The molecule has 1 saturated carbocycles. The largest absolute Gasteiger partial charge is 0.314 e. The minimum atomic E-state index is 0.496. The molecule has 1 aliphatic rings. The molecule has 0 aromatic heterocycles. The first-order valence-corrected chi connectivity index (χ1v) is 7.82. The summed E-state index contributed by atoms with van der Waals surface area (Å²) in [5.74, 6) is 0.812. The van der Waals surface area contributed by atoms with Crippen LogP contribution in [0.25, 0.3) is 0 Å². The summed E-state index contributed by atoms with van der Waals surface area (Å²) in [6.07, 6.45) is 5.34. The maximum absolute atomic E-state index is 3.76. The normalized spacial score (nSPS) is 23.5. The smallest absolute Gasteiger partial charge is 0.0141 e. The number of nitrogens with one attached hydrogen (secondary N) is 1. The van der Waals surface area contributed by atoms with Crippen molar-refractivity contribution in [1.29, 1.82) is 0 Å². The summed E-state index contributed by atoms with van der Waals surface area (Å²) in [5, 5.41) is 3.76. The number of hydrogen-bond donors (Lipinski definition) is 1. The van der Waals surface area contributed by atoms with Gasteiger partial charge in [-0.3, -0.25) is 0 Å². The van der Waals surface area contributed by atoms with Crippen LogP contribution in [-0.4, -0.2) is 12.6 Å². The summed E-state index contributed by atoms with van der Waals surface area (Å²) in [5.41, 5.74) is 3.44. The van der Waals surface area contributed by atoms with Crippen LogP contribution in [0.15, 0.2) is 24.3 Å². The summed E-state index contributed by atoms with van der Waals surface area (Å²) in [4.78, 5) is 0. The van der Waals surface area contributed by atoms with Gasteiger partial charge >= 0.3 is 0 Å². The second-order valence-corrected chi connectivity index (χ2v) is 6.78. The molecule has 2 atom stereocenters. The van der Waals surface area contributed by atoms with E-state index in [4.69, 9.17) is 0 Å². The molecule has 1 aromatic rings. The Morgan fingerprint density at radius 3 is 2.63 bits per heavy atom. The first-order valence-electron chi connectivity index (χ1n) is 7.82. The van der Waals surface area contributed by atoms with Crippen molar-refractivity contribution in [1.82, 2.24) is 5.32 Å². The molecule has 0 radical (unpaired) electrons. The van der Waals surface area contributed by atoms with Gasteiger partial charge in [0.05, 0.1) is 0 Å². The van der Waals surface area contributed by atoms with Crippen molar-refractivity contribution >= 4 is 0 Å². The van der Waals surface area contributed by atoms with Crippen molar-refractivity contribution in [2.75, 3.05) is 6.54 Å². The fraction of sp³-hybridized carbons (Fsp3) is 0.667. The van der Waals surface area contributed by atoms with Gasteiger partial charge in [0, 0.05) is 6.04 Å². The van der Waals surface area contributed by atoms with Gasteiger partial charge in [0.25, 0.3) is 0 Å². The van der Waals surface area contributed by atoms with Crippen LogP contribution in [0.4, 0.5) is 0 Å². The predicted octanol–water partition coefficient (Wildman–Crippen LogP) is 4.34. The van der Waals surface area contributed by atoms with Crippen molar-refractivity contribution < 1.29 is 0 Å². The van der Waals surface area contributed by atoms with Gasteiger partial charge in [0.1, 0.15) is 0 Å². The van der Waals surface area contributed by atoms with Crippen LogP contribution in [0.2, 0.25) is 0 Å². The molecule has 1 aliphatic carbocycles. The maximum atomic E-state index is 3.76. The summed E-state index contributed by atoms with van der Waals surface area (Å²) in [6, 6.07) is 9.47. The zero-order chi connectivity index (χ0) is 13.9. The van der Waals surface area contributed by atoms with E-state index in [1.165, 1.54) is 36.8 Å². The Balaban J connectivity index is 2.15. The van der Waals surface area contributed by atoms with E-state index in [2.05, 4.69) is 57.3 Å². The molecule has 0 amide bonds. The zero-order valence-electron chi connectivity index (χ0n) is 13.0. The molecule has 1 fully saturated rings. The highest BCUT2D eigenvalue weighted by molar-refractivity contribution is 5.26. The molecule has 0 aliphatic heterocycles. The van der Waals surface area contributed by atoms with E-state index in [1.54, 1.807) is 0 Å². The van der Waals surface area contributed by atoms with Crippen LogP contribution in [0.1, 0.15) is 51.2 Å². The average molecular weight is 259 g/mol. The Morgan fingerprint density at radius 1 is 1.32 bits per heavy atom. The highest BCUT2D eigenvalue weighted by atomic mass is 14.9. The van der Waals surface area contributed by atoms with Crippen LogP contribution < -0.4 is 5.32 Å². The van der Waals surface area contributed by atoms with E-state index in [9.17, 15) is 0 Å². The number of hydrogen-bond acceptors (Lipinski definition) is 1. The molecular formula is C18H29N. The molecule has 1 nitrogen and oxygen atoms in total. The SMILES string of the molecule is CCNC(Cc1ccccc1C)C1CCCC1(C)C. The van der Waals surface area contributed by atoms with Gasteiger partial charge in [0.15, 0.2) is 0 Å². The first-order chi connectivity index (χ1) is 9.04. The third kappa shape index (κ3) is 3.39. The van der Waals surface area contributed by atoms with Crippen LogP contribution in [0.5, 0.6) is 0 Å². The standard InChI is InChI=1S/C18H29N/c1-5-19-17(16-11-8-12-18(16,3)4)13-15-10-7-6-9-14(15)2/h6-7,9-10,16-17,19H,5,8,11-13H2,1-4H3.